The Morgan fingerprint density at radius 3 is 2.18 bits per heavy atom. The number of para-hydroxylation sites is 1. The van der Waals surface area contributed by atoms with E-state index in [-0.39, 0.29) is 56.4 Å². The molecule has 1 aliphatic carbocycles. The van der Waals surface area contributed by atoms with Gasteiger partial charge in [-0.25, -0.2) is 0 Å². The summed E-state index contributed by atoms with van der Waals surface area (Å²) in [5, 5.41) is 1.29. The van der Waals surface area contributed by atoms with Crippen LogP contribution < -0.4 is 24.8 Å². The maximum atomic E-state index is 3.62. The number of nitrogens with one attached hydrogen (secondary N) is 1. The van der Waals surface area contributed by atoms with Crippen LogP contribution in [0.2, 0.25) is 0 Å². The van der Waals surface area contributed by atoms with Crippen molar-refractivity contribution in [2.45, 2.75) is 26.2 Å². The van der Waals surface area contributed by atoms with Gasteiger partial charge < -0.3 is 29.8 Å². The fraction of sp³-hybridized carbons (Fsp3) is 0.222. The fourth-order valence-electron chi connectivity index (χ4n) is 1.97. The third-order valence-corrected chi connectivity index (χ3v) is 2.93. The van der Waals surface area contributed by atoms with E-state index in [1.807, 2.05) is 24.3 Å². The molecule has 0 amide bonds. The van der Waals surface area contributed by atoms with Crippen LogP contribution in [0, 0.1) is 12.3 Å². The maximum Gasteiger partial charge on any atom is 4.00 e. The van der Waals surface area contributed by atoms with E-state index in [0.29, 0.717) is 0 Å². The monoisotopic (exact) mass is 409 g/mol. The van der Waals surface area contributed by atoms with Crippen LogP contribution in [0.25, 0.3) is 10.9 Å². The van der Waals surface area contributed by atoms with Gasteiger partial charge in [-0.1, -0.05) is 32.9 Å². The Hall–Kier alpha value is -0.557. The van der Waals surface area contributed by atoms with Crippen molar-refractivity contribution in [1.29, 1.82) is 0 Å². The Kier molecular flexibility index (Phi) is 11.1. The van der Waals surface area contributed by atoms with Crippen molar-refractivity contribution in [2.75, 3.05) is 0 Å². The molecule has 0 bridgehead atoms. The van der Waals surface area contributed by atoms with Crippen molar-refractivity contribution in [3.63, 3.8) is 0 Å². The number of aromatic nitrogens is 1. The van der Waals surface area contributed by atoms with Crippen LogP contribution in [0.15, 0.2) is 54.6 Å². The molecule has 0 saturated carbocycles. The average Bonchev–Trinajstić information content (AvgIpc) is 2.97. The van der Waals surface area contributed by atoms with Gasteiger partial charge in [0.05, 0.1) is 0 Å². The van der Waals surface area contributed by atoms with Gasteiger partial charge >= 0.3 is 26.2 Å². The van der Waals surface area contributed by atoms with Crippen LogP contribution in [0.5, 0.6) is 0 Å². The van der Waals surface area contributed by atoms with Crippen molar-refractivity contribution >= 4 is 10.9 Å². The van der Waals surface area contributed by atoms with Crippen LogP contribution in [0.3, 0.4) is 0 Å². The summed E-state index contributed by atoms with van der Waals surface area (Å²) in [6, 6.07) is 8.34. The zero-order chi connectivity index (χ0) is 13.9. The van der Waals surface area contributed by atoms with Gasteiger partial charge in [-0.15, -0.1) is 35.5 Å². The van der Waals surface area contributed by atoms with Gasteiger partial charge in [0.1, 0.15) is 0 Å². The predicted octanol–water partition coefficient (Wildman–Crippen LogP) is -1.26. The van der Waals surface area contributed by atoms with Crippen molar-refractivity contribution in [3.05, 3.63) is 72.5 Å². The predicted molar refractivity (Wildman–Crippen MR) is 81.9 cm³/mol. The number of hydrogen-bond donors (Lipinski definition) is 1. The number of aromatic amines is 1. The topological polar surface area (TPSA) is 15.8 Å². The summed E-state index contributed by atoms with van der Waals surface area (Å²) in [6.45, 7) is 10.2. The summed E-state index contributed by atoms with van der Waals surface area (Å²) < 4.78 is 0. The summed E-state index contributed by atoms with van der Waals surface area (Å²) in [7, 11) is 0. The molecule has 3 rings (SSSR count). The normalized spacial score (nSPS) is 11.9. The largest absolute Gasteiger partial charge is 4.00 e. The van der Waals surface area contributed by atoms with E-state index in [1.54, 1.807) is 0 Å². The van der Waals surface area contributed by atoms with E-state index in [9.17, 15) is 0 Å². The molecule has 0 saturated heterocycles. The Balaban J connectivity index is 0. The molecule has 4 heteroatoms. The third kappa shape index (κ3) is 6.28. The fourth-order valence-corrected chi connectivity index (χ4v) is 1.97. The molecule has 0 unspecified atom stereocenters. The van der Waals surface area contributed by atoms with Gasteiger partial charge in [0, 0.05) is 0 Å². The molecule has 0 atom stereocenters. The summed E-state index contributed by atoms with van der Waals surface area (Å²) >= 11 is 0. The first-order valence-corrected chi connectivity index (χ1v) is 6.42. The Bertz CT molecular complexity index is 634. The molecule has 1 aromatic carbocycles. The summed E-state index contributed by atoms with van der Waals surface area (Å²) in [6.07, 6.45) is 11.8. The first-order valence-electron chi connectivity index (χ1n) is 6.42. The second-order valence-corrected chi connectivity index (χ2v) is 5.62. The minimum atomic E-state index is 0. The van der Waals surface area contributed by atoms with Crippen molar-refractivity contribution in [3.8, 4) is 0 Å². The number of allylic oxidation sites excluding steroid dienone is 5. The number of H-pyrrole nitrogens is 1. The standard InChI is InChI=1S/C12H14N.C6H5.2ClH.Zr/c1-12(2,3)10-8-13-11-7-5-4-6-9(10)11;1-6-4-2-3-5-6;;;/h4-7,13H,1-3H3;2-4H,1H2;2*1H;/q2*-1;;;+4/p-2. The van der Waals surface area contributed by atoms with Gasteiger partial charge in [0.2, 0.25) is 0 Å². The molecule has 0 aliphatic heterocycles. The Labute approximate surface area is 164 Å². The Morgan fingerprint density at radius 1 is 1.09 bits per heavy atom. The molecular weight excluding hydrogens is 392 g/mol. The van der Waals surface area contributed by atoms with Gasteiger partial charge in [0.25, 0.3) is 0 Å². The number of benzene rings is 1. The summed E-state index contributed by atoms with van der Waals surface area (Å²) in [5.41, 5.74) is 3.57. The number of hydrogen-bond acceptors (Lipinski definition) is 0. The molecule has 1 heterocycles. The first-order chi connectivity index (χ1) is 8.98. The van der Waals surface area contributed by atoms with E-state index >= 15 is 0 Å². The van der Waals surface area contributed by atoms with Gasteiger partial charge in [-0.05, 0) is 5.41 Å². The van der Waals surface area contributed by atoms with E-state index < -0.39 is 0 Å². The second kappa shape index (κ2) is 10.3. The van der Waals surface area contributed by atoms with E-state index in [0.717, 1.165) is 5.57 Å². The Morgan fingerprint density at radius 2 is 1.73 bits per heavy atom. The van der Waals surface area contributed by atoms with Crippen LogP contribution in [-0.2, 0) is 31.6 Å². The molecule has 114 valence electrons. The molecule has 1 nitrogen and oxygen atoms in total. The molecule has 0 fully saturated rings. The second-order valence-electron chi connectivity index (χ2n) is 5.62. The van der Waals surface area contributed by atoms with Crippen LogP contribution in [0.4, 0.5) is 0 Å². The number of rotatable bonds is 0. The van der Waals surface area contributed by atoms with E-state index in [2.05, 4.69) is 62.8 Å². The van der Waals surface area contributed by atoms with Gasteiger partial charge in [-0.3, -0.25) is 0 Å². The SMILES string of the molecule is C=C1[C-]=CC=C1.CC(C)(C)c1[c-][nH]c2ccccc12.[Cl-].[Cl-].[Zr+4]. The molecule has 1 aromatic heterocycles. The summed E-state index contributed by atoms with van der Waals surface area (Å²) in [5.74, 6) is 0. The zero-order valence-electron chi connectivity index (χ0n) is 13.0. The van der Waals surface area contributed by atoms with Gasteiger partial charge in [0.15, 0.2) is 0 Å². The molecule has 22 heavy (non-hydrogen) atoms. The molecule has 0 radical (unpaired) electrons. The molecule has 0 spiro atoms. The van der Waals surface area contributed by atoms with Crippen molar-refractivity contribution in [2.24, 2.45) is 0 Å². The molecule has 1 N–H and O–H groups in total. The maximum absolute atomic E-state index is 3.62. The molecule has 1 aliphatic rings. The van der Waals surface area contributed by atoms with Crippen LogP contribution in [0.1, 0.15) is 26.3 Å². The van der Waals surface area contributed by atoms with Gasteiger partial charge in [-0.2, -0.15) is 35.8 Å². The van der Waals surface area contributed by atoms with Crippen LogP contribution in [-0.4, -0.2) is 4.98 Å². The smallest absolute Gasteiger partial charge is 1.00 e. The van der Waals surface area contributed by atoms with Crippen molar-refractivity contribution in [1.82, 2.24) is 4.98 Å². The average molecular weight is 411 g/mol. The first kappa shape index (κ1) is 23.7. The van der Waals surface area contributed by atoms with E-state index in [4.69, 9.17) is 0 Å². The molecular formula is C18H19Cl2NZr. The summed E-state index contributed by atoms with van der Waals surface area (Å²) in [4.78, 5) is 3.17. The quantitative estimate of drug-likeness (QED) is 0.522. The molecule has 2 aromatic rings. The third-order valence-electron chi connectivity index (χ3n) is 2.93. The number of fused-ring (bicyclic) bond motifs is 1. The minimum absolute atomic E-state index is 0. The minimum Gasteiger partial charge on any atom is -1.00 e. The van der Waals surface area contributed by atoms with E-state index in [1.165, 1.54) is 16.5 Å². The number of halogens is 2. The van der Waals surface area contributed by atoms with Crippen molar-refractivity contribution < 1.29 is 51.0 Å². The zero-order valence-corrected chi connectivity index (χ0v) is 17.0. The van der Waals surface area contributed by atoms with Crippen LogP contribution >= 0.6 is 0 Å².